The highest BCUT2D eigenvalue weighted by molar-refractivity contribution is 6.01. The molecular weight excluding hydrogens is 428 g/mol. The molecule has 6 heteroatoms. The van der Waals surface area contributed by atoms with Crippen molar-refractivity contribution in [2.75, 3.05) is 24.0 Å². The Morgan fingerprint density at radius 1 is 0.941 bits per heavy atom. The summed E-state index contributed by atoms with van der Waals surface area (Å²) in [6, 6.07) is 21.7. The molecule has 6 rings (SSSR count). The van der Waals surface area contributed by atoms with Crippen LogP contribution in [0, 0.1) is 0 Å². The maximum absolute atomic E-state index is 13.8. The average molecular weight is 455 g/mol. The smallest absolute Gasteiger partial charge is 0.231 e. The van der Waals surface area contributed by atoms with E-state index >= 15 is 0 Å². The summed E-state index contributed by atoms with van der Waals surface area (Å²) >= 11 is 0. The van der Waals surface area contributed by atoms with Crippen molar-refractivity contribution in [1.82, 2.24) is 0 Å². The van der Waals surface area contributed by atoms with Crippen molar-refractivity contribution in [3.05, 3.63) is 89.1 Å². The zero-order valence-corrected chi connectivity index (χ0v) is 19.0. The van der Waals surface area contributed by atoms with Gasteiger partial charge in [0.1, 0.15) is 5.75 Å². The fourth-order valence-corrected chi connectivity index (χ4v) is 5.13. The minimum atomic E-state index is -0.306. The molecule has 0 saturated carbocycles. The van der Waals surface area contributed by atoms with E-state index in [0.29, 0.717) is 13.0 Å². The summed E-state index contributed by atoms with van der Waals surface area (Å²) in [6.45, 7) is 2.77. The molecule has 2 atom stereocenters. The fourth-order valence-electron chi connectivity index (χ4n) is 5.13. The highest BCUT2D eigenvalue weighted by atomic mass is 16.7. The zero-order valence-electron chi connectivity index (χ0n) is 19.0. The quantitative estimate of drug-likeness (QED) is 0.520. The van der Waals surface area contributed by atoms with Crippen LogP contribution in [-0.4, -0.2) is 19.2 Å². The normalized spacial score (nSPS) is 20.6. The topological polar surface area (TPSA) is 68.8 Å². The van der Waals surface area contributed by atoms with Gasteiger partial charge in [-0.2, -0.15) is 0 Å². The van der Waals surface area contributed by atoms with Gasteiger partial charge in [-0.25, -0.2) is 0 Å². The predicted molar refractivity (Wildman–Crippen MR) is 131 cm³/mol. The number of para-hydroxylation sites is 3. The summed E-state index contributed by atoms with van der Waals surface area (Å²) < 4.78 is 17.0. The Kier molecular flexibility index (Phi) is 5.13. The van der Waals surface area contributed by atoms with Crippen LogP contribution in [0.1, 0.15) is 42.9 Å². The summed E-state index contributed by atoms with van der Waals surface area (Å²) in [5.74, 6) is 2.48. The number of Topliss-reactive ketones (excluding diaryl/α,β-unsaturated/α-hetero) is 1. The molecule has 2 heterocycles. The van der Waals surface area contributed by atoms with Crippen molar-refractivity contribution in [3.8, 4) is 17.2 Å². The second-order valence-electron chi connectivity index (χ2n) is 8.75. The molecule has 6 nitrogen and oxygen atoms in total. The lowest BCUT2D eigenvalue weighted by atomic mass is 9.78. The number of hydrogen-bond acceptors (Lipinski definition) is 6. The van der Waals surface area contributed by atoms with E-state index in [-0.39, 0.29) is 24.5 Å². The highest BCUT2D eigenvalue weighted by Gasteiger charge is 2.37. The molecule has 2 aliphatic heterocycles. The molecule has 3 aromatic rings. The van der Waals surface area contributed by atoms with Crippen LogP contribution < -0.4 is 24.8 Å². The van der Waals surface area contributed by atoms with Gasteiger partial charge in [0, 0.05) is 23.3 Å². The average Bonchev–Trinajstić information content (AvgIpc) is 3.25. The van der Waals surface area contributed by atoms with Gasteiger partial charge in [0.15, 0.2) is 17.3 Å². The van der Waals surface area contributed by atoms with Gasteiger partial charge in [-0.05, 0) is 55.2 Å². The molecule has 1 aliphatic carbocycles. The molecule has 172 valence electrons. The number of anilines is 2. The SMILES string of the molecule is CCOc1ccccc1[C@H]1Nc2ccccc2NC2=C1C(=O)C[C@H](c1ccc3c(c1)OCO3)C2. The van der Waals surface area contributed by atoms with Crippen LogP contribution in [-0.2, 0) is 4.79 Å². The lowest BCUT2D eigenvalue weighted by molar-refractivity contribution is -0.116. The highest BCUT2D eigenvalue weighted by Crippen LogP contribution is 2.46. The first-order valence-corrected chi connectivity index (χ1v) is 11.7. The number of hydrogen-bond donors (Lipinski definition) is 2. The van der Waals surface area contributed by atoms with Crippen LogP contribution in [0.25, 0.3) is 0 Å². The Morgan fingerprint density at radius 3 is 2.62 bits per heavy atom. The number of nitrogens with one attached hydrogen (secondary N) is 2. The third-order valence-electron chi connectivity index (χ3n) is 6.71. The Bertz CT molecular complexity index is 1300. The molecule has 2 N–H and O–H groups in total. The summed E-state index contributed by atoms with van der Waals surface area (Å²) in [5.41, 5.74) is 5.70. The fraction of sp³-hybridized carbons (Fsp3) is 0.250. The van der Waals surface area contributed by atoms with E-state index in [1.807, 2.05) is 73.7 Å². The van der Waals surface area contributed by atoms with E-state index in [2.05, 4.69) is 10.6 Å². The van der Waals surface area contributed by atoms with Gasteiger partial charge >= 0.3 is 0 Å². The van der Waals surface area contributed by atoms with Gasteiger partial charge in [-0.3, -0.25) is 4.79 Å². The maximum Gasteiger partial charge on any atom is 0.231 e. The largest absolute Gasteiger partial charge is 0.494 e. The second-order valence-corrected chi connectivity index (χ2v) is 8.75. The lowest BCUT2D eigenvalue weighted by Crippen LogP contribution is -2.27. The standard InChI is InChI=1S/C28H26N2O4/c1-2-32-24-10-6-3-7-19(24)28-27-22(29-20-8-4-5-9-21(20)30-28)13-18(14-23(27)31)17-11-12-25-26(15-17)34-16-33-25/h3-12,15,18,28-30H,2,13-14,16H2,1H3/t18-,28-/m1/s1. The van der Waals surface area contributed by atoms with Crippen LogP contribution in [0.3, 0.4) is 0 Å². The number of benzene rings is 3. The van der Waals surface area contributed by atoms with Crippen LogP contribution >= 0.6 is 0 Å². The first kappa shape index (κ1) is 20.7. The van der Waals surface area contributed by atoms with E-state index in [4.69, 9.17) is 14.2 Å². The molecular formula is C28H26N2O4. The van der Waals surface area contributed by atoms with Gasteiger partial charge < -0.3 is 24.8 Å². The minimum Gasteiger partial charge on any atom is -0.494 e. The van der Waals surface area contributed by atoms with Crippen molar-refractivity contribution in [2.24, 2.45) is 0 Å². The number of ether oxygens (including phenoxy) is 3. The molecule has 0 spiro atoms. The third kappa shape index (κ3) is 3.55. The minimum absolute atomic E-state index is 0.0568. The molecule has 0 amide bonds. The Balaban J connectivity index is 1.44. The second kappa shape index (κ2) is 8.45. The summed E-state index contributed by atoms with van der Waals surface area (Å²) in [5, 5.41) is 7.23. The predicted octanol–water partition coefficient (Wildman–Crippen LogP) is 5.79. The van der Waals surface area contributed by atoms with Crippen molar-refractivity contribution in [1.29, 1.82) is 0 Å². The zero-order chi connectivity index (χ0) is 23.1. The summed E-state index contributed by atoms with van der Waals surface area (Å²) in [7, 11) is 0. The molecule has 3 aromatic carbocycles. The Labute approximate surface area is 198 Å². The van der Waals surface area contributed by atoms with Crippen LogP contribution in [0.4, 0.5) is 11.4 Å². The van der Waals surface area contributed by atoms with Gasteiger partial charge in [-0.1, -0.05) is 36.4 Å². The van der Waals surface area contributed by atoms with E-state index in [1.54, 1.807) is 0 Å². The van der Waals surface area contributed by atoms with E-state index in [0.717, 1.165) is 57.4 Å². The molecule has 0 fully saturated rings. The van der Waals surface area contributed by atoms with Gasteiger partial charge in [0.05, 0.1) is 24.0 Å². The number of rotatable bonds is 4. The van der Waals surface area contributed by atoms with Crippen molar-refractivity contribution < 1.29 is 19.0 Å². The monoisotopic (exact) mass is 454 g/mol. The molecule has 0 aromatic heterocycles. The number of carbonyl (C=O) groups is 1. The van der Waals surface area contributed by atoms with E-state index in [1.165, 1.54) is 0 Å². The van der Waals surface area contributed by atoms with Crippen molar-refractivity contribution in [2.45, 2.75) is 31.7 Å². The summed E-state index contributed by atoms with van der Waals surface area (Å²) in [4.78, 5) is 13.8. The number of ketones is 1. The maximum atomic E-state index is 13.8. The lowest BCUT2D eigenvalue weighted by Gasteiger charge is -2.30. The third-order valence-corrected chi connectivity index (χ3v) is 6.71. The molecule has 3 aliphatic rings. The van der Waals surface area contributed by atoms with Gasteiger partial charge in [-0.15, -0.1) is 0 Å². The van der Waals surface area contributed by atoms with Gasteiger partial charge in [0.25, 0.3) is 0 Å². The number of carbonyl (C=O) groups excluding carboxylic acids is 1. The van der Waals surface area contributed by atoms with Crippen molar-refractivity contribution in [3.63, 3.8) is 0 Å². The van der Waals surface area contributed by atoms with Crippen LogP contribution in [0.5, 0.6) is 17.2 Å². The van der Waals surface area contributed by atoms with Crippen molar-refractivity contribution >= 4 is 17.2 Å². The van der Waals surface area contributed by atoms with Crippen LogP contribution in [0.15, 0.2) is 78.0 Å². The summed E-state index contributed by atoms with van der Waals surface area (Å²) in [6.07, 6.45) is 1.16. The molecule has 0 bridgehead atoms. The molecule has 0 unspecified atom stereocenters. The van der Waals surface area contributed by atoms with Crippen LogP contribution in [0.2, 0.25) is 0 Å². The van der Waals surface area contributed by atoms with Gasteiger partial charge in [0.2, 0.25) is 6.79 Å². The molecule has 0 radical (unpaired) electrons. The first-order chi connectivity index (χ1) is 16.7. The molecule has 0 saturated heterocycles. The number of allylic oxidation sites excluding steroid dienone is 1. The Morgan fingerprint density at radius 2 is 1.74 bits per heavy atom. The Hall–Kier alpha value is -3.93. The first-order valence-electron chi connectivity index (χ1n) is 11.7. The molecule has 34 heavy (non-hydrogen) atoms. The number of fused-ring (bicyclic) bond motifs is 2. The van der Waals surface area contributed by atoms with E-state index in [9.17, 15) is 4.79 Å². The van der Waals surface area contributed by atoms with E-state index < -0.39 is 0 Å².